The van der Waals surface area contributed by atoms with Crippen molar-refractivity contribution in [2.24, 2.45) is 0 Å². The summed E-state index contributed by atoms with van der Waals surface area (Å²) in [7, 11) is -3.57. The maximum absolute atomic E-state index is 14.2. The Labute approximate surface area is 171 Å². The van der Waals surface area contributed by atoms with E-state index in [2.05, 4.69) is 10.4 Å². The zero-order valence-electron chi connectivity index (χ0n) is 15.7. The summed E-state index contributed by atoms with van der Waals surface area (Å²) in [5, 5.41) is 6.88. The third-order valence-corrected chi connectivity index (χ3v) is 5.44. The van der Waals surface area contributed by atoms with Crippen molar-refractivity contribution in [3.05, 3.63) is 84.5 Å². The fraction of sp³-hybridized carbons (Fsp3) is 0.0476. The Morgan fingerprint density at radius 3 is 2.50 bits per heavy atom. The zero-order chi connectivity index (χ0) is 21.3. The maximum Gasteiger partial charge on any atom is 0.274 e. The van der Waals surface area contributed by atoms with Gasteiger partial charge in [-0.1, -0.05) is 18.2 Å². The molecule has 7 nitrogen and oxygen atoms in total. The van der Waals surface area contributed by atoms with Gasteiger partial charge in [0.2, 0.25) is 0 Å². The first kappa shape index (κ1) is 19.6. The van der Waals surface area contributed by atoms with Crippen LogP contribution in [-0.4, -0.2) is 30.4 Å². The minimum absolute atomic E-state index is 0.105. The quantitative estimate of drug-likeness (QED) is 0.489. The van der Waals surface area contributed by atoms with Crippen LogP contribution in [0, 0.1) is 5.82 Å². The van der Waals surface area contributed by atoms with Gasteiger partial charge in [-0.25, -0.2) is 17.5 Å². The van der Waals surface area contributed by atoms with Crippen molar-refractivity contribution in [2.45, 2.75) is 4.90 Å². The van der Waals surface area contributed by atoms with Gasteiger partial charge in [0.1, 0.15) is 17.2 Å². The standard InChI is InChI=1S/C21H16FN3O4S/c1-30(27,28)15-9-10-16(22)17(12-15)23-21(26)19-13-18(20-8-5-11-29-20)24-25(19)14-6-3-2-4-7-14/h2-13H,1H3,(H,23,26). The van der Waals surface area contributed by atoms with E-state index < -0.39 is 21.6 Å². The summed E-state index contributed by atoms with van der Waals surface area (Å²) in [6, 6.07) is 17.1. The number of halogens is 1. The molecule has 0 spiro atoms. The smallest absolute Gasteiger partial charge is 0.274 e. The molecule has 0 unspecified atom stereocenters. The number of benzene rings is 2. The lowest BCUT2D eigenvalue weighted by molar-refractivity contribution is 0.101. The number of para-hydroxylation sites is 1. The summed E-state index contributed by atoms with van der Waals surface area (Å²) < 4.78 is 44.5. The van der Waals surface area contributed by atoms with Gasteiger partial charge in [0.15, 0.2) is 15.6 Å². The molecule has 0 aliphatic heterocycles. The number of carbonyl (C=O) groups is 1. The molecule has 4 aromatic rings. The highest BCUT2D eigenvalue weighted by Crippen LogP contribution is 2.24. The molecule has 9 heteroatoms. The van der Waals surface area contributed by atoms with E-state index in [1.165, 1.54) is 17.0 Å². The van der Waals surface area contributed by atoms with Crippen molar-refractivity contribution in [2.75, 3.05) is 11.6 Å². The number of hydrogen-bond acceptors (Lipinski definition) is 5. The van der Waals surface area contributed by atoms with Gasteiger partial charge in [0.25, 0.3) is 5.91 Å². The molecule has 0 aliphatic carbocycles. The van der Waals surface area contributed by atoms with Crippen molar-refractivity contribution >= 4 is 21.4 Å². The second kappa shape index (κ2) is 7.60. The molecular weight excluding hydrogens is 409 g/mol. The van der Waals surface area contributed by atoms with Crippen LogP contribution >= 0.6 is 0 Å². The maximum atomic E-state index is 14.2. The molecule has 0 atom stereocenters. The van der Waals surface area contributed by atoms with Crippen molar-refractivity contribution < 1.29 is 22.0 Å². The van der Waals surface area contributed by atoms with Crippen LogP contribution in [0.25, 0.3) is 17.1 Å². The SMILES string of the molecule is CS(=O)(=O)c1ccc(F)c(NC(=O)c2cc(-c3ccco3)nn2-c2ccccc2)c1. The molecule has 4 rings (SSSR count). The number of aromatic nitrogens is 2. The van der Waals surface area contributed by atoms with E-state index >= 15 is 0 Å². The van der Waals surface area contributed by atoms with Gasteiger partial charge in [-0.15, -0.1) is 0 Å². The summed E-state index contributed by atoms with van der Waals surface area (Å²) >= 11 is 0. The van der Waals surface area contributed by atoms with Crippen LogP contribution in [0.3, 0.4) is 0 Å². The minimum atomic E-state index is -3.57. The summed E-state index contributed by atoms with van der Waals surface area (Å²) in [4.78, 5) is 12.9. The van der Waals surface area contributed by atoms with Crippen LogP contribution in [0.5, 0.6) is 0 Å². The molecule has 30 heavy (non-hydrogen) atoms. The van der Waals surface area contributed by atoms with Crippen molar-refractivity contribution in [3.8, 4) is 17.1 Å². The molecule has 0 bridgehead atoms. The zero-order valence-corrected chi connectivity index (χ0v) is 16.6. The molecular formula is C21H16FN3O4S. The fourth-order valence-electron chi connectivity index (χ4n) is 2.87. The van der Waals surface area contributed by atoms with Gasteiger partial charge in [0, 0.05) is 12.3 Å². The lowest BCUT2D eigenvalue weighted by Crippen LogP contribution is -2.18. The summed E-state index contributed by atoms with van der Waals surface area (Å²) in [5.41, 5.74) is 0.908. The second-order valence-electron chi connectivity index (χ2n) is 6.51. The Hall–Kier alpha value is -3.72. The van der Waals surface area contributed by atoms with Gasteiger partial charge in [-0.05, 0) is 42.5 Å². The number of carbonyl (C=O) groups excluding carboxylic acids is 1. The Bertz CT molecular complexity index is 1310. The third-order valence-electron chi connectivity index (χ3n) is 4.33. The van der Waals surface area contributed by atoms with E-state index in [1.807, 2.05) is 6.07 Å². The molecule has 152 valence electrons. The Morgan fingerprint density at radius 1 is 1.07 bits per heavy atom. The number of hydrogen-bond donors (Lipinski definition) is 1. The third kappa shape index (κ3) is 3.87. The van der Waals surface area contributed by atoms with E-state index in [4.69, 9.17) is 4.42 Å². The monoisotopic (exact) mass is 425 g/mol. The molecule has 2 aromatic heterocycles. The molecule has 2 aromatic carbocycles. The number of nitrogens with zero attached hydrogens (tertiary/aromatic N) is 2. The summed E-state index contributed by atoms with van der Waals surface area (Å²) in [5.74, 6) is -0.953. The van der Waals surface area contributed by atoms with E-state index in [0.29, 0.717) is 17.1 Å². The van der Waals surface area contributed by atoms with Gasteiger partial charge in [0.05, 0.1) is 22.5 Å². The van der Waals surface area contributed by atoms with Crippen molar-refractivity contribution in [1.82, 2.24) is 9.78 Å². The first-order valence-corrected chi connectivity index (χ1v) is 10.7. The first-order chi connectivity index (χ1) is 14.3. The topological polar surface area (TPSA) is 94.2 Å². The normalized spacial score (nSPS) is 11.4. The summed E-state index contributed by atoms with van der Waals surface area (Å²) in [6.07, 6.45) is 2.49. The number of furan rings is 1. The second-order valence-corrected chi connectivity index (χ2v) is 8.52. The highest BCUT2D eigenvalue weighted by Gasteiger charge is 2.21. The van der Waals surface area contributed by atoms with E-state index in [1.54, 1.807) is 36.4 Å². The molecule has 0 saturated carbocycles. The predicted molar refractivity (Wildman–Crippen MR) is 109 cm³/mol. The average molecular weight is 425 g/mol. The minimum Gasteiger partial charge on any atom is -0.463 e. The number of nitrogens with one attached hydrogen (secondary N) is 1. The van der Waals surface area contributed by atoms with Gasteiger partial charge in [-0.3, -0.25) is 4.79 Å². The molecule has 0 fully saturated rings. The Balaban J connectivity index is 1.76. The van der Waals surface area contributed by atoms with Crippen LogP contribution in [0.1, 0.15) is 10.5 Å². The Morgan fingerprint density at radius 2 is 1.83 bits per heavy atom. The fourth-order valence-corrected chi connectivity index (χ4v) is 3.52. The van der Waals surface area contributed by atoms with Crippen LogP contribution in [0.4, 0.5) is 10.1 Å². The molecule has 0 aliphatic rings. The van der Waals surface area contributed by atoms with Crippen LogP contribution in [0.2, 0.25) is 0 Å². The first-order valence-electron chi connectivity index (χ1n) is 8.83. The molecule has 0 saturated heterocycles. The van der Waals surface area contributed by atoms with Crippen LogP contribution in [0.15, 0.2) is 82.3 Å². The van der Waals surface area contributed by atoms with Gasteiger partial charge >= 0.3 is 0 Å². The van der Waals surface area contributed by atoms with Crippen molar-refractivity contribution in [1.29, 1.82) is 0 Å². The number of rotatable bonds is 5. The Kier molecular flexibility index (Phi) is 4.96. The van der Waals surface area contributed by atoms with Crippen molar-refractivity contribution in [3.63, 3.8) is 0 Å². The van der Waals surface area contributed by atoms with Gasteiger partial charge < -0.3 is 9.73 Å². The van der Waals surface area contributed by atoms with E-state index in [0.717, 1.165) is 24.5 Å². The highest BCUT2D eigenvalue weighted by atomic mass is 32.2. The van der Waals surface area contributed by atoms with Gasteiger partial charge in [-0.2, -0.15) is 5.10 Å². The molecule has 2 heterocycles. The summed E-state index contributed by atoms with van der Waals surface area (Å²) in [6.45, 7) is 0. The number of anilines is 1. The lowest BCUT2D eigenvalue weighted by atomic mass is 10.2. The highest BCUT2D eigenvalue weighted by molar-refractivity contribution is 7.90. The number of sulfone groups is 1. The lowest BCUT2D eigenvalue weighted by Gasteiger charge is -2.10. The number of amides is 1. The molecule has 0 radical (unpaired) electrons. The van der Waals surface area contributed by atoms with Crippen LogP contribution < -0.4 is 5.32 Å². The molecule has 1 N–H and O–H groups in total. The van der Waals surface area contributed by atoms with Crippen LogP contribution in [-0.2, 0) is 9.84 Å². The average Bonchev–Trinajstić information content (AvgIpc) is 3.39. The van der Waals surface area contributed by atoms with E-state index in [-0.39, 0.29) is 16.3 Å². The molecule has 1 amide bonds. The predicted octanol–water partition coefficient (Wildman–Crippen LogP) is 3.93. The largest absolute Gasteiger partial charge is 0.463 e. The van der Waals surface area contributed by atoms with E-state index in [9.17, 15) is 17.6 Å².